The maximum Gasteiger partial charge on any atom is 0.229 e. The van der Waals surface area contributed by atoms with Gasteiger partial charge in [0, 0.05) is 18.6 Å². The first kappa shape index (κ1) is 20.7. The van der Waals surface area contributed by atoms with E-state index in [4.69, 9.17) is 18.9 Å². The van der Waals surface area contributed by atoms with Crippen LogP contribution in [0.4, 0.5) is 4.39 Å². The summed E-state index contributed by atoms with van der Waals surface area (Å²) in [6, 6.07) is 1.56. The quantitative estimate of drug-likeness (QED) is 0.528. The van der Waals surface area contributed by atoms with Crippen molar-refractivity contribution in [3.63, 3.8) is 0 Å². The lowest BCUT2D eigenvalue weighted by molar-refractivity contribution is -0.227. The van der Waals surface area contributed by atoms with Crippen LogP contribution in [0.5, 0.6) is 5.75 Å². The van der Waals surface area contributed by atoms with E-state index in [0.29, 0.717) is 36.9 Å². The van der Waals surface area contributed by atoms with E-state index < -0.39 is 12.2 Å². The predicted molar refractivity (Wildman–Crippen MR) is 105 cm³/mol. The molecule has 2 fully saturated rings. The standard InChI is InChI=1S/C21H25FN4O4/c1-21(2)12-28-18(29-13-21)11-26-10-16(24-25-26)19-17(30-15-6-7-15)9-14(20(22)23-19)5-4-8-27-3/h9-10,15,18H,6-8,11-13H2,1-3H3. The van der Waals surface area contributed by atoms with E-state index in [1.807, 2.05) is 0 Å². The van der Waals surface area contributed by atoms with Gasteiger partial charge in [-0.05, 0) is 12.8 Å². The van der Waals surface area contributed by atoms with Crippen molar-refractivity contribution in [1.82, 2.24) is 20.0 Å². The van der Waals surface area contributed by atoms with Crippen molar-refractivity contribution in [2.45, 2.75) is 45.6 Å². The largest absolute Gasteiger partial charge is 0.488 e. The molecule has 1 saturated carbocycles. The first-order chi connectivity index (χ1) is 14.4. The predicted octanol–water partition coefficient (Wildman–Crippen LogP) is 2.42. The van der Waals surface area contributed by atoms with E-state index >= 15 is 0 Å². The number of hydrogen-bond acceptors (Lipinski definition) is 7. The van der Waals surface area contributed by atoms with Crippen LogP contribution in [0.1, 0.15) is 32.3 Å². The number of methoxy groups -OCH3 is 1. The van der Waals surface area contributed by atoms with Gasteiger partial charge in [-0.1, -0.05) is 30.9 Å². The highest BCUT2D eigenvalue weighted by molar-refractivity contribution is 5.63. The molecule has 1 aliphatic heterocycles. The van der Waals surface area contributed by atoms with Gasteiger partial charge < -0.3 is 18.9 Å². The number of halogens is 1. The maximum absolute atomic E-state index is 14.5. The van der Waals surface area contributed by atoms with Gasteiger partial charge in [-0.2, -0.15) is 4.39 Å². The lowest BCUT2D eigenvalue weighted by atomic mass is 9.96. The van der Waals surface area contributed by atoms with Gasteiger partial charge in [0.2, 0.25) is 5.95 Å². The fourth-order valence-electron chi connectivity index (χ4n) is 2.88. The molecular weight excluding hydrogens is 391 g/mol. The summed E-state index contributed by atoms with van der Waals surface area (Å²) in [7, 11) is 1.53. The Morgan fingerprint density at radius 1 is 1.30 bits per heavy atom. The van der Waals surface area contributed by atoms with Gasteiger partial charge in [-0.15, -0.1) is 5.10 Å². The van der Waals surface area contributed by atoms with Crippen LogP contribution in [0.2, 0.25) is 0 Å². The molecule has 160 valence electrons. The summed E-state index contributed by atoms with van der Waals surface area (Å²) in [5.41, 5.74) is 0.867. The molecule has 30 heavy (non-hydrogen) atoms. The summed E-state index contributed by atoms with van der Waals surface area (Å²) in [6.45, 7) is 5.97. The zero-order valence-corrected chi connectivity index (χ0v) is 17.4. The molecule has 2 aromatic rings. The Balaban J connectivity index is 1.54. The number of pyridine rings is 1. The van der Waals surface area contributed by atoms with Crippen molar-refractivity contribution in [3.8, 4) is 29.0 Å². The summed E-state index contributed by atoms with van der Waals surface area (Å²) in [5.74, 6) is 5.22. The van der Waals surface area contributed by atoms with Gasteiger partial charge in [0.15, 0.2) is 6.29 Å². The fourth-order valence-corrected chi connectivity index (χ4v) is 2.88. The van der Waals surface area contributed by atoms with Crippen LogP contribution in [-0.2, 0) is 20.8 Å². The van der Waals surface area contributed by atoms with E-state index in [9.17, 15) is 4.39 Å². The molecule has 8 nitrogen and oxygen atoms in total. The van der Waals surface area contributed by atoms with Crippen molar-refractivity contribution >= 4 is 0 Å². The third-order valence-electron chi connectivity index (χ3n) is 4.64. The summed E-state index contributed by atoms with van der Waals surface area (Å²) < 4.78 is 38.5. The molecule has 0 N–H and O–H groups in total. The van der Waals surface area contributed by atoms with Crippen molar-refractivity contribution in [3.05, 3.63) is 23.8 Å². The summed E-state index contributed by atoms with van der Waals surface area (Å²) in [5, 5.41) is 8.27. The van der Waals surface area contributed by atoms with Gasteiger partial charge in [-0.25, -0.2) is 9.67 Å². The Morgan fingerprint density at radius 2 is 2.07 bits per heavy atom. The minimum absolute atomic E-state index is 0.00554. The molecule has 1 saturated heterocycles. The van der Waals surface area contributed by atoms with Crippen molar-refractivity contribution < 1.29 is 23.3 Å². The molecule has 2 aliphatic rings. The van der Waals surface area contributed by atoms with Crippen LogP contribution < -0.4 is 4.74 Å². The molecule has 0 bridgehead atoms. The minimum atomic E-state index is -0.688. The number of hydrogen-bond donors (Lipinski definition) is 0. The third-order valence-corrected chi connectivity index (χ3v) is 4.64. The number of nitrogens with zero attached hydrogens (tertiary/aromatic N) is 4. The second-order valence-electron chi connectivity index (χ2n) is 8.27. The normalized spacial score (nSPS) is 18.7. The van der Waals surface area contributed by atoms with Crippen LogP contribution in [0, 0.1) is 23.2 Å². The Morgan fingerprint density at radius 3 is 2.77 bits per heavy atom. The molecule has 0 unspecified atom stereocenters. The lowest BCUT2D eigenvalue weighted by Gasteiger charge is -2.34. The van der Waals surface area contributed by atoms with E-state index in [1.54, 1.807) is 16.9 Å². The molecule has 1 aliphatic carbocycles. The van der Waals surface area contributed by atoms with E-state index in [-0.39, 0.29) is 23.7 Å². The summed E-state index contributed by atoms with van der Waals surface area (Å²) >= 11 is 0. The molecule has 3 heterocycles. The average Bonchev–Trinajstić information content (AvgIpc) is 3.41. The molecular formula is C21H25FN4O4. The summed E-state index contributed by atoms with van der Waals surface area (Å²) in [6.07, 6.45) is 3.31. The lowest BCUT2D eigenvalue weighted by Crippen LogP contribution is -2.39. The first-order valence-electron chi connectivity index (χ1n) is 9.92. The smallest absolute Gasteiger partial charge is 0.229 e. The highest BCUT2D eigenvalue weighted by Crippen LogP contribution is 2.34. The van der Waals surface area contributed by atoms with E-state index in [0.717, 1.165) is 12.8 Å². The number of aromatic nitrogens is 4. The minimum Gasteiger partial charge on any atom is -0.488 e. The molecule has 4 rings (SSSR count). The van der Waals surface area contributed by atoms with Crippen LogP contribution in [-0.4, -0.2) is 59.3 Å². The van der Waals surface area contributed by atoms with Crippen LogP contribution >= 0.6 is 0 Å². The molecule has 2 aromatic heterocycles. The monoisotopic (exact) mass is 416 g/mol. The number of ether oxygens (including phenoxy) is 4. The fraction of sp³-hybridized carbons (Fsp3) is 0.571. The van der Waals surface area contributed by atoms with Gasteiger partial charge in [0.25, 0.3) is 0 Å². The highest BCUT2D eigenvalue weighted by atomic mass is 19.1. The van der Waals surface area contributed by atoms with Crippen molar-refractivity contribution in [1.29, 1.82) is 0 Å². The highest BCUT2D eigenvalue weighted by Gasteiger charge is 2.29. The Hall–Kier alpha value is -2.54. The second-order valence-corrected chi connectivity index (χ2v) is 8.27. The topological polar surface area (TPSA) is 80.5 Å². The molecule has 0 atom stereocenters. The Kier molecular flexibility index (Phi) is 5.99. The number of rotatable bonds is 6. The zero-order chi connectivity index (χ0) is 21.1. The van der Waals surface area contributed by atoms with E-state index in [1.165, 1.54) is 7.11 Å². The van der Waals surface area contributed by atoms with Crippen LogP contribution in [0.15, 0.2) is 12.3 Å². The average molecular weight is 416 g/mol. The van der Waals surface area contributed by atoms with Crippen LogP contribution in [0.3, 0.4) is 0 Å². The van der Waals surface area contributed by atoms with Crippen molar-refractivity contribution in [2.24, 2.45) is 5.41 Å². The van der Waals surface area contributed by atoms with Crippen LogP contribution in [0.25, 0.3) is 11.4 Å². The van der Waals surface area contributed by atoms with Gasteiger partial charge >= 0.3 is 0 Å². The third kappa shape index (κ3) is 5.14. The van der Waals surface area contributed by atoms with Crippen molar-refractivity contribution in [2.75, 3.05) is 26.9 Å². The first-order valence-corrected chi connectivity index (χ1v) is 9.92. The summed E-state index contributed by atoms with van der Waals surface area (Å²) in [4.78, 5) is 4.07. The maximum atomic E-state index is 14.5. The zero-order valence-electron chi connectivity index (χ0n) is 17.4. The van der Waals surface area contributed by atoms with E-state index in [2.05, 4.69) is 41.0 Å². The molecule has 0 aromatic carbocycles. The SMILES string of the molecule is COCC#Cc1cc(OC2CC2)c(-c2cn(CC3OCC(C)(C)CO3)nn2)nc1F. The Bertz CT molecular complexity index is 952. The van der Waals surface area contributed by atoms with Gasteiger partial charge in [-0.3, -0.25) is 0 Å². The Labute approximate surface area is 174 Å². The molecule has 0 radical (unpaired) electrons. The van der Waals surface area contributed by atoms with Gasteiger partial charge in [0.05, 0.1) is 37.6 Å². The molecule has 0 amide bonds. The van der Waals surface area contributed by atoms with Gasteiger partial charge in [0.1, 0.15) is 23.7 Å². The molecule has 9 heteroatoms. The second kappa shape index (κ2) is 8.68. The molecule has 0 spiro atoms.